The molecule has 1 rings (SSSR count). The Balaban J connectivity index is 2.09. The quantitative estimate of drug-likeness (QED) is 0.552. The summed E-state index contributed by atoms with van der Waals surface area (Å²) in [6.07, 6.45) is 1.23. The van der Waals surface area contributed by atoms with Crippen LogP contribution in [0.5, 0.6) is 0 Å². The van der Waals surface area contributed by atoms with Gasteiger partial charge in [-0.1, -0.05) is 0 Å². The summed E-state index contributed by atoms with van der Waals surface area (Å²) in [4.78, 5) is 9.73. The van der Waals surface area contributed by atoms with Crippen molar-refractivity contribution in [3.8, 4) is 0 Å². The molecular formula is C7H11NO3. The van der Waals surface area contributed by atoms with Gasteiger partial charge in [0.15, 0.2) is 0 Å². The first kappa shape index (κ1) is 8.43. The molecular weight excluding hydrogens is 146 g/mol. The number of rotatable bonds is 3. The van der Waals surface area contributed by atoms with Gasteiger partial charge in [0.2, 0.25) is 0 Å². The van der Waals surface area contributed by atoms with Crippen LogP contribution in [0, 0.1) is 0 Å². The lowest BCUT2D eigenvalue weighted by Crippen LogP contribution is -2.43. The molecule has 1 fully saturated rings. The average Bonchev–Trinajstić information content (AvgIpc) is 2.07. The van der Waals surface area contributed by atoms with Crippen LogP contribution in [0.3, 0.4) is 0 Å². The second-order valence-corrected chi connectivity index (χ2v) is 2.17. The summed E-state index contributed by atoms with van der Waals surface area (Å²) in [6, 6.07) is 0. The molecule has 1 saturated heterocycles. The maximum atomic E-state index is 9.73. The molecule has 11 heavy (non-hydrogen) atoms. The normalized spacial score (nSPS) is 24.2. The highest BCUT2D eigenvalue weighted by Crippen LogP contribution is 1.93. The van der Waals surface area contributed by atoms with Gasteiger partial charge in [0, 0.05) is 12.6 Å². The van der Waals surface area contributed by atoms with Crippen LogP contribution in [0.1, 0.15) is 0 Å². The van der Waals surface area contributed by atoms with E-state index in [1.54, 1.807) is 5.94 Å². The van der Waals surface area contributed by atoms with Crippen LogP contribution < -0.4 is 5.32 Å². The monoisotopic (exact) mass is 157 g/mol. The second kappa shape index (κ2) is 5.04. The zero-order valence-electron chi connectivity index (χ0n) is 6.21. The van der Waals surface area contributed by atoms with Gasteiger partial charge in [-0.25, -0.2) is 4.79 Å². The van der Waals surface area contributed by atoms with Crippen LogP contribution in [0.2, 0.25) is 0 Å². The molecule has 1 heterocycles. The number of carbonyl (C=O) groups excluding carboxylic acids is 1. The van der Waals surface area contributed by atoms with Crippen molar-refractivity contribution in [2.24, 2.45) is 0 Å². The molecule has 1 aliphatic heterocycles. The van der Waals surface area contributed by atoms with Crippen molar-refractivity contribution in [2.45, 2.75) is 6.23 Å². The molecule has 1 N–H and O–H groups in total. The molecule has 0 aromatic carbocycles. The molecule has 1 unspecified atom stereocenters. The first-order chi connectivity index (χ1) is 5.43. The number of ether oxygens (including phenoxy) is 2. The number of morpholine rings is 1. The molecule has 0 bridgehead atoms. The van der Waals surface area contributed by atoms with Gasteiger partial charge < -0.3 is 9.47 Å². The summed E-state index contributed by atoms with van der Waals surface area (Å²) in [5.74, 6) is 1.64. The summed E-state index contributed by atoms with van der Waals surface area (Å²) in [6.45, 7) is 2.37. The Hall–Kier alpha value is -0.670. The summed E-state index contributed by atoms with van der Waals surface area (Å²) < 4.78 is 10.3. The molecule has 1 atom stereocenters. The van der Waals surface area contributed by atoms with Crippen molar-refractivity contribution in [3.05, 3.63) is 6.08 Å². The molecule has 0 spiro atoms. The predicted molar refractivity (Wildman–Crippen MR) is 38.8 cm³/mol. The van der Waals surface area contributed by atoms with Gasteiger partial charge in [-0.2, -0.15) is 0 Å². The van der Waals surface area contributed by atoms with Crippen molar-refractivity contribution >= 4 is 5.94 Å². The zero-order chi connectivity index (χ0) is 7.94. The molecule has 0 aliphatic carbocycles. The first-order valence-corrected chi connectivity index (χ1v) is 3.55. The third kappa shape index (κ3) is 3.30. The molecule has 4 heteroatoms. The van der Waals surface area contributed by atoms with Crippen LogP contribution >= 0.6 is 0 Å². The number of hydrogen-bond donors (Lipinski definition) is 1. The molecule has 1 aliphatic rings. The van der Waals surface area contributed by atoms with Gasteiger partial charge in [0.25, 0.3) is 0 Å². The highest BCUT2D eigenvalue weighted by Gasteiger charge is 2.11. The fraction of sp³-hybridized carbons (Fsp3) is 0.714. The van der Waals surface area contributed by atoms with E-state index >= 15 is 0 Å². The number of nitrogens with one attached hydrogen (secondary N) is 1. The Kier molecular flexibility index (Phi) is 3.86. The van der Waals surface area contributed by atoms with E-state index in [1.165, 1.54) is 6.08 Å². The van der Waals surface area contributed by atoms with E-state index in [0.29, 0.717) is 13.2 Å². The smallest absolute Gasteiger partial charge is 0.132 e. The Morgan fingerprint density at radius 2 is 2.73 bits per heavy atom. The highest BCUT2D eigenvalue weighted by molar-refractivity contribution is 5.44. The first-order valence-electron chi connectivity index (χ1n) is 3.55. The summed E-state index contributed by atoms with van der Waals surface area (Å²) >= 11 is 0. The Bertz CT molecular complexity index is 148. The Morgan fingerprint density at radius 3 is 3.36 bits per heavy atom. The largest absolute Gasteiger partial charge is 0.376 e. The van der Waals surface area contributed by atoms with E-state index in [0.717, 1.165) is 13.2 Å². The van der Waals surface area contributed by atoms with E-state index in [4.69, 9.17) is 9.47 Å². The van der Waals surface area contributed by atoms with Crippen LogP contribution in [0.25, 0.3) is 0 Å². The molecule has 4 nitrogen and oxygen atoms in total. The third-order valence-corrected chi connectivity index (χ3v) is 1.35. The minimum atomic E-state index is -0.0756. The Labute approximate surface area is 65.2 Å². The molecule has 0 aromatic rings. The summed E-state index contributed by atoms with van der Waals surface area (Å²) in [5.41, 5.74) is 0. The van der Waals surface area contributed by atoms with Gasteiger partial charge in [0.1, 0.15) is 12.2 Å². The minimum Gasteiger partial charge on any atom is -0.376 e. The van der Waals surface area contributed by atoms with Crippen LogP contribution in [-0.2, 0) is 14.3 Å². The van der Waals surface area contributed by atoms with Crippen LogP contribution in [0.15, 0.2) is 6.08 Å². The maximum Gasteiger partial charge on any atom is 0.132 e. The van der Waals surface area contributed by atoms with Crippen molar-refractivity contribution in [2.75, 3.05) is 26.4 Å². The van der Waals surface area contributed by atoms with Gasteiger partial charge >= 0.3 is 0 Å². The van der Waals surface area contributed by atoms with Crippen molar-refractivity contribution < 1.29 is 14.3 Å². The van der Waals surface area contributed by atoms with Gasteiger partial charge in [-0.15, -0.1) is 0 Å². The fourth-order valence-electron chi connectivity index (χ4n) is 0.847. The average molecular weight is 157 g/mol. The summed E-state index contributed by atoms with van der Waals surface area (Å²) in [5, 5.41) is 3.08. The fourth-order valence-corrected chi connectivity index (χ4v) is 0.847. The SMILES string of the molecule is O=C=CCOC1COCCN1. The molecule has 62 valence electrons. The predicted octanol–water partition coefficient (Wildman–Crippen LogP) is -0.663. The van der Waals surface area contributed by atoms with Crippen molar-refractivity contribution in [1.82, 2.24) is 5.32 Å². The maximum absolute atomic E-state index is 9.73. The van der Waals surface area contributed by atoms with E-state index < -0.39 is 0 Å². The van der Waals surface area contributed by atoms with E-state index in [2.05, 4.69) is 5.32 Å². The Morgan fingerprint density at radius 1 is 1.82 bits per heavy atom. The topological polar surface area (TPSA) is 47.6 Å². The molecule has 0 saturated carbocycles. The lowest BCUT2D eigenvalue weighted by Gasteiger charge is -2.22. The second-order valence-electron chi connectivity index (χ2n) is 2.17. The molecule has 0 aromatic heterocycles. The van der Waals surface area contributed by atoms with Gasteiger partial charge in [0.05, 0.1) is 19.8 Å². The third-order valence-electron chi connectivity index (χ3n) is 1.35. The highest BCUT2D eigenvalue weighted by atomic mass is 16.5. The molecule has 0 amide bonds. The summed E-state index contributed by atoms with van der Waals surface area (Å²) in [7, 11) is 0. The lowest BCUT2D eigenvalue weighted by atomic mass is 10.5. The van der Waals surface area contributed by atoms with Gasteiger partial charge in [-0.3, -0.25) is 5.32 Å². The van der Waals surface area contributed by atoms with Crippen LogP contribution in [0.4, 0.5) is 0 Å². The van der Waals surface area contributed by atoms with Gasteiger partial charge in [-0.05, 0) is 0 Å². The van der Waals surface area contributed by atoms with Crippen molar-refractivity contribution in [1.29, 1.82) is 0 Å². The lowest BCUT2D eigenvalue weighted by molar-refractivity contribution is -0.0520. The van der Waals surface area contributed by atoms with Crippen LogP contribution in [-0.4, -0.2) is 38.5 Å². The van der Waals surface area contributed by atoms with E-state index in [9.17, 15) is 4.79 Å². The van der Waals surface area contributed by atoms with E-state index in [1.807, 2.05) is 0 Å². The standard InChI is InChI=1S/C7H11NO3/c9-3-1-4-11-7-6-10-5-2-8-7/h1,7-8H,2,4-6H2. The van der Waals surface area contributed by atoms with E-state index in [-0.39, 0.29) is 6.23 Å². The van der Waals surface area contributed by atoms with Crippen molar-refractivity contribution in [3.63, 3.8) is 0 Å². The zero-order valence-corrected chi connectivity index (χ0v) is 6.21. The minimum absolute atomic E-state index is 0.0756. The number of hydrogen-bond acceptors (Lipinski definition) is 4. The molecule has 0 radical (unpaired) electrons.